The van der Waals surface area contributed by atoms with Crippen LogP contribution in [0.4, 0.5) is 0 Å². The van der Waals surface area contributed by atoms with Crippen molar-refractivity contribution in [3.63, 3.8) is 0 Å². The second-order valence-corrected chi connectivity index (χ2v) is 5.27. The number of rotatable bonds is 5. The van der Waals surface area contributed by atoms with Crippen LogP contribution >= 0.6 is 0 Å². The first-order chi connectivity index (χ1) is 7.20. The van der Waals surface area contributed by atoms with Crippen LogP contribution in [0.3, 0.4) is 0 Å². The van der Waals surface area contributed by atoms with Crippen molar-refractivity contribution in [2.24, 2.45) is 11.7 Å². The molecule has 0 unspecified atom stereocenters. The van der Waals surface area contributed by atoms with Gasteiger partial charge in [-0.3, -0.25) is 0 Å². The third-order valence-corrected chi connectivity index (χ3v) is 2.77. The first kappa shape index (κ1) is 15.2. The predicted molar refractivity (Wildman–Crippen MR) is 71.0 cm³/mol. The number of hydrogen-bond acceptors (Lipinski definition) is 2. The fourth-order valence-electron chi connectivity index (χ4n) is 1.62. The molecule has 94 valence electrons. The Balaban J connectivity index is 5.15. The molecule has 0 radical (unpaired) electrons. The molecular formula is C14H27NO. The monoisotopic (exact) mass is 225 g/mol. The fraction of sp³-hybridized carbons (Fsp3) is 0.714. The minimum Gasteiger partial charge on any atom is -0.402 e. The Labute approximate surface area is 100 Å². The summed E-state index contributed by atoms with van der Waals surface area (Å²) in [7, 11) is 0. The molecule has 0 bridgehead atoms. The van der Waals surface area contributed by atoms with Crippen molar-refractivity contribution in [2.75, 3.05) is 0 Å². The molecule has 0 saturated heterocycles. The van der Waals surface area contributed by atoms with E-state index < -0.39 is 5.60 Å². The molecule has 3 N–H and O–H groups in total. The summed E-state index contributed by atoms with van der Waals surface area (Å²) in [4.78, 5) is 0. The normalized spacial score (nSPS) is 15.4. The van der Waals surface area contributed by atoms with E-state index in [0.29, 0.717) is 5.92 Å². The molecule has 0 rings (SSSR count). The van der Waals surface area contributed by atoms with Gasteiger partial charge >= 0.3 is 0 Å². The van der Waals surface area contributed by atoms with Gasteiger partial charge in [0.2, 0.25) is 0 Å². The second-order valence-electron chi connectivity index (χ2n) is 5.27. The molecular weight excluding hydrogens is 198 g/mol. The highest BCUT2D eigenvalue weighted by molar-refractivity contribution is 5.30. The summed E-state index contributed by atoms with van der Waals surface area (Å²) < 4.78 is 0. The van der Waals surface area contributed by atoms with Crippen molar-refractivity contribution in [1.82, 2.24) is 0 Å². The SMILES string of the molecule is CCC/C(=C\C(C)=C(/N)C(C)C)C(C)(C)O. The first-order valence-corrected chi connectivity index (χ1v) is 6.09. The zero-order chi connectivity index (χ0) is 12.9. The van der Waals surface area contributed by atoms with Gasteiger partial charge in [0, 0.05) is 5.70 Å². The van der Waals surface area contributed by atoms with Gasteiger partial charge in [-0.15, -0.1) is 0 Å². The first-order valence-electron chi connectivity index (χ1n) is 6.09. The number of nitrogens with two attached hydrogens (primary N) is 1. The number of hydrogen-bond donors (Lipinski definition) is 2. The average Bonchev–Trinajstić information content (AvgIpc) is 2.14. The lowest BCUT2D eigenvalue weighted by molar-refractivity contribution is 0.115. The van der Waals surface area contributed by atoms with Crippen LogP contribution in [0, 0.1) is 5.92 Å². The summed E-state index contributed by atoms with van der Waals surface area (Å²) in [5.41, 5.74) is 8.27. The molecule has 2 heteroatoms. The van der Waals surface area contributed by atoms with Crippen molar-refractivity contribution >= 4 is 0 Å². The highest BCUT2D eigenvalue weighted by Crippen LogP contribution is 2.23. The predicted octanol–water partition coefficient (Wildman–Crippen LogP) is 3.37. The van der Waals surface area contributed by atoms with Gasteiger partial charge < -0.3 is 10.8 Å². The van der Waals surface area contributed by atoms with Crippen LogP contribution in [0.25, 0.3) is 0 Å². The van der Waals surface area contributed by atoms with E-state index in [-0.39, 0.29) is 0 Å². The summed E-state index contributed by atoms with van der Waals surface area (Å²) in [5.74, 6) is 0.348. The maximum Gasteiger partial charge on any atom is 0.0803 e. The Morgan fingerprint density at radius 1 is 1.38 bits per heavy atom. The molecule has 2 nitrogen and oxygen atoms in total. The molecule has 0 aliphatic heterocycles. The Morgan fingerprint density at radius 3 is 2.19 bits per heavy atom. The molecule has 0 saturated carbocycles. The van der Waals surface area contributed by atoms with Gasteiger partial charge in [0.15, 0.2) is 0 Å². The van der Waals surface area contributed by atoms with Crippen molar-refractivity contribution in [3.8, 4) is 0 Å². The highest BCUT2D eigenvalue weighted by atomic mass is 16.3. The molecule has 0 aromatic rings. The topological polar surface area (TPSA) is 46.2 Å². The van der Waals surface area contributed by atoms with Gasteiger partial charge in [0.25, 0.3) is 0 Å². The fourth-order valence-corrected chi connectivity index (χ4v) is 1.62. The Morgan fingerprint density at radius 2 is 1.88 bits per heavy atom. The van der Waals surface area contributed by atoms with Gasteiger partial charge in [0.1, 0.15) is 0 Å². The molecule has 0 aliphatic rings. The standard InChI is InChI=1S/C14H27NO/c1-7-8-12(14(5,6)16)9-11(4)13(15)10(2)3/h9-10,16H,7-8,15H2,1-6H3/b12-9+,13-11-. The van der Waals surface area contributed by atoms with Gasteiger partial charge in [-0.25, -0.2) is 0 Å². The molecule has 0 aliphatic carbocycles. The zero-order valence-corrected chi connectivity index (χ0v) is 11.6. The van der Waals surface area contributed by atoms with Crippen LogP contribution in [-0.2, 0) is 0 Å². The second kappa shape index (κ2) is 6.09. The average molecular weight is 225 g/mol. The van der Waals surface area contributed by atoms with E-state index in [4.69, 9.17) is 5.73 Å². The molecule has 0 aromatic carbocycles. The van der Waals surface area contributed by atoms with E-state index in [0.717, 1.165) is 29.7 Å². The number of aliphatic hydroxyl groups is 1. The van der Waals surface area contributed by atoms with E-state index in [2.05, 4.69) is 20.8 Å². The van der Waals surface area contributed by atoms with Crippen molar-refractivity contribution < 1.29 is 5.11 Å². The van der Waals surface area contributed by atoms with Crippen LogP contribution in [0.1, 0.15) is 54.4 Å². The minimum absolute atomic E-state index is 0.348. The lowest BCUT2D eigenvalue weighted by Gasteiger charge is -2.22. The van der Waals surface area contributed by atoms with Crippen LogP contribution in [0.2, 0.25) is 0 Å². The molecule has 0 atom stereocenters. The number of allylic oxidation sites excluding steroid dienone is 3. The molecule has 0 spiro atoms. The van der Waals surface area contributed by atoms with Crippen LogP contribution in [0.5, 0.6) is 0 Å². The van der Waals surface area contributed by atoms with Crippen molar-refractivity contribution in [3.05, 3.63) is 22.9 Å². The summed E-state index contributed by atoms with van der Waals surface area (Å²) in [6.07, 6.45) is 3.98. The largest absolute Gasteiger partial charge is 0.402 e. The molecule has 0 fully saturated rings. The van der Waals surface area contributed by atoms with Gasteiger partial charge in [0.05, 0.1) is 5.60 Å². The molecule has 16 heavy (non-hydrogen) atoms. The Bertz CT molecular complexity index is 280. The third kappa shape index (κ3) is 4.84. The van der Waals surface area contributed by atoms with E-state index in [1.807, 2.05) is 26.8 Å². The maximum atomic E-state index is 10.0. The van der Waals surface area contributed by atoms with Gasteiger partial charge in [-0.1, -0.05) is 33.3 Å². The van der Waals surface area contributed by atoms with E-state index in [1.54, 1.807) is 0 Å². The summed E-state index contributed by atoms with van der Waals surface area (Å²) in [6.45, 7) is 11.9. The van der Waals surface area contributed by atoms with Crippen molar-refractivity contribution in [1.29, 1.82) is 0 Å². The lowest BCUT2D eigenvalue weighted by atomic mass is 9.91. The summed E-state index contributed by atoms with van der Waals surface area (Å²) >= 11 is 0. The smallest absolute Gasteiger partial charge is 0.0803 e. The van der Waals surface area contributed by atoms with Crippen LogP contribution < -0.4 is 5.73 Å². The van der Waals surface area contributed by atoms with Crippen LogP contribution in [0.15, 0.2) is 22.9 Å². The summed E-state index contributed by atoms with van der Waals surface area (Å²) in [5, 5.41) is 10.0. The zero-order valence-electron chi connectivity index (χ0n) is 11.6. The molecule has 0 amide bonds. The van der Waals surface area contributed by atoms with Crippen LogP contribution in [-0.4, -0.2) is 10.7 Å². The van der Waals surface area contributed by atoms with Gasteiger partial charge in [-0.05, 0) is 44.3 Å². The Hall–Kier alpha value is -0.760. The van der Waals surface area contributed by atoms with Gasteiger partial charge in [-0.2, -0.15) is 0 Å². The minimum atomic E-state index is -0.755. The summed E-state index contributed by atoms with van der Waals surface area (Å²) in [6, 6.07) is 0. The lowest BCUT2D eigenvalue weighted by Crippen LogP contribution is -2.22. The van der Waals surface area contributed by atoms with E-state index >= 15 is 0 Å². The maximum absolute atomic E-state index is 10.0. The van der Waals surface area contributed by atoms with Crippen molar-refractivity contribution in [2.45, 2.75) is 60.0 Å². The molecule has 0 heterocycles. The van der Waals surface area contributed by atoms with E-state index in [9.17, 15) is 5.11 Å². The van der Waals surface area contributed by atoms with E-state index in [1.165, 1.54) is 0 Å². The third-order valence-electron chi connectivity index (χ3n) is 2.77. The quantitative estimate of drug-likeness (QED) is 0.705. The molecule has 0 aromatic heterocycles. The Kier molecular flexibility index (Phi) is 5.80. The highest BCUT2D eigenvalue weighted by Gasteiger charge is 2.18.